The van der Waals surface area contributed by atoms with Crippen LogP contribution < -0.4 is 10.6 Å². The Hall–Kier alpha value is -3.35. The van der Waals surface area contributed by atoms with Gasteiger partial charge in [-0.15, -0.1) is 0 Å². The van der Waals surface area contributed by atoms with Gasteiger partial charge in [-0.05, 0) is 17.7 Å². The van der Waals surface area contributed by atoms with Crippen LogP contribution in [-0.4, -0.2) is 35.1 Å². The van der Waals surface area contributed by atoms with Crippen molar-refractivity contribution in [2.24, 2.45) is 0 Å². The molecule has 0 aliphatic carbocycles. The predicted molar refractivity (Wildman–Crippen MR) is 97.4 cm³/mol. The number of alkyl carbamates (subject to hydrolysis) is 1. The smallest absolute Gasteiger partial charge is 0.407 e. The molecule has 0 spiro atoms. The van der Waals surface area contributed by atoms with E-state index in [4.69, 9.17) is 4.74 Å². The molecule has 3 N–H and O–H groups in total. The Labute approximate surface area is 150 Å². The van der Waals surface area contributed by atoms with Crippen LogP contribution in [0, 0.1) is 0 Å². The van der Waals surface area contributed by atoms with Gasteiger partial charge < -0.3 is 20.4 Å². The number of ether oxygens (including phenoxy) is 1. The van der Waals surface area contributed by atoms with Crippen LogP contribution in [0.3, 0.4) is 0 Å². The fourth-order valence-corrected chi connectivity index (χ4v) is 2.43. The predicted octanol–water partition coefficient (Wildman–Crippen LogP) is 2.15. The van der Waals surface area contributed by atoms with Crippen LogP contribution >= 0.6 is 0 Å². The fraction of sp³-hybridized carbons (Fsp3) is 0.211. The summed E-state index contributed by atoms with van der Waals surface area (Å²) < 4.78 is 5.04. The number of benzene rings is 2. The maximum absolute atomic E-state index is 11.8. The summed E-state index contributed by atoms with van der Waals surface area (Å²) >= 11 is 0. The Bertz CT molecular complexity index is 844. The van der Waals surface area contributed by atoms with Gasteiger partial charge in [0.1, 0.15) is 12.4 Å². The molecule has 0 saturated carbocycles. The van der Waals surface area contributed by atoms with Crippen molar-refractivity contribution in [3.05, 3.63) is 66.0 Å². The highest BCUT2D eigenvalue weighted by Crippen LogP contribution is 2.10. The molecule has 0 radical (unpaired) electrons. The number of fused-ring (bicyclic) bond motifs is 1. The lowest BCUT2D eigenvalue weighted by atomic mass is 10.2. The highest BCUT2D eigenvalue weighted by molar-refractivity contribution is 5.82. The third kappa shape index (κ3) is 5.07. The Kier molecular flexibility index (Phi) is 5.82. The maximum Gasteiger partial charge on any atom is 0.407 e. The van der Waals surface area contributed by atoms with Crippen LogP contribution in [0.5, 0.6) is 0 Å². The normalized spacial score (nSPS) is 10.5. The molecule has 3 aromatic rings. The summed E-state index contributed by atoms with van der Waals surface area (Å²) in [4.78, 5) is 31.0. The van der Waals surface area contributed by atoms with Crippen molar-refractivity contribution in [1.82, 2.24) is 20.6 Å². The molecular formula is C19H20N4O3. The molecule has 7 heteroatoms. The average Bonchev–Trinajstić information content (AvgIpc) is 3.08. The van der Waals surface area contributed by atoms with Crippen LogP contribution in [0.25, 0.3) is 11.0 Å². The number of hydrogen-bond acceptors (Lipinski definition) is 4. The molecule has 26 heavy (non-hydrogen) atoms. The minimum atomic E-state index is -0.624. The Morgan fingerprint density at radius 3 is 2.58 bits per heavy atom. The van der Waals surface area contributed by atoms with E-state index in [1.165, 1.54) is 0 Å². The zero-order chi connectivity index (χ0) is 18.2. The lowest BCUT2D eigenvalue weighted by molar-refractivity contribution is -0.120. The first-order valence-electron chi connectivity index (χ1n) is 8.35. The van der Waals surface area contributed by atoms with Crippen molar-refractivity contribution < 1.29 is 14.3 Å². The molecule has 0 fully saturated rings. The summed E-state index contributed by atoms with van der Waals surface area (Å²) in [6.45, 7) is 0.466. The van der Waals surface area contributed by atoms with Crippen LogP contribution in [0.4, 0.5) is 4.79 Å². The molecule has 0 atom stereocenters. The number of para-hydroxylation sites is 2. The standard InChI is InChI=1S/C19H20N4O3/c24-18(12-21-19(25)26-13-14-6-2-1-3-7-14)20-11-10-17-22-15-8-4-5-9-16(15)23-17/h1-9H,10-13H2,(H,20,24)(H,21,25)(H,22,23). The monoisotopic (exact) mass is 352 g/mol. The second-order valence-electron chi connectivity index (χ2n) is 5.72. The second-order valence-corrected chi connectivity index (χ2v) is 5.72. The Morgan fingerprint density at radius 1 is 1.00 bits per heavy atom. The molecule has 2 amide bonds. The number of nitrogens with one attached hydrogen (secondary N) is 3. The summed E-state index contributed by atoms with van der Waals surface area (Å²) in [5.41, 5.74) is 2.76. The number of carbonyl (C=O) groups is 2. The molecule has 0 bridgehead atoms. The summed E-state index contributed by atoms with van der Waals surface area (Å²) in [5, 5.41) is 5.16. The second kappa shape index (κ2) is 8.66. The van der Waals surface area contributed by atoms with E-state index in [1.807, 2.05) is 54.6 Å². The molecule has 1 heterocycles. The van der Waals surface area contributed by atoms with E-state index in [9.17, 15) is 9.59 Å². The molecule has 134 valence electrons. The van der Waals surface area contributed by atoms with Gasteiger partial charge in [-0.25, -0.2) is 9.78 Å². The topological polar surface area (TPSA) is 96.1 Å². The number of hydrogen-bond donors (Lipinski definition) is 3. The van der Waals surface area contributed by atoms with Crippen LogP contribution in [0.2, 0.25) is 0 Å². The van der Waals surface area contributed by atoms with E-state index >= 15 is 0 Å². The number of H-pyrrole nitrogens is 1. The number of amides is 2. The van der Waals surface area contributed by atoms with E-state index in [0.29, 0.717) is 13.0 Å². The quantitative estimate of drug-likeness (QED) is 0.607. The third-order valence-corrected chi connectivity index (χ3v) is 3.73. The van der Waals surface area contributed by atoms with Crippen molar-refractivity contribution in [2.45, 2.75) is 13.0 Å². The highest BCUT2D eigenvalue weighted by atomic mass is 16.5. The third-order valence-electron chi connectivity index (χ3n) is 3.73. The highest BCUT2D eigenvalue weighted by Gasteiger charge is 2.07. The molecule has 2 aromatic carbocycles. The fourth-order valence-electron chi connectivity index (χ4n) is 2.43. The van der Waals surface area contributed by atoms with E-state index in [0.717, 1.165) is 22.4 Å². The summed E-state index contributed by atoms with van der Waals surface area (Å²) in [6.07, 6.45) is -0.0416. The molecule has 7 nitrogen and oxygen atoms in total. The Morgan fingerprint density at radius 2 is 1.77 bits per heavy atom. The molecule has 1 aromatic heterocycles. The summed E-state index contributed by atoms with van der Waals surface area (Å²) in [5.74, 6) is 0.527. The van der Waals surface area contributed by atoms with Gasteiger partial charge in [-0.2, -0.15) is 0 Å². The number of carbonyl (C=O) groups excluding carboxylic acids is 2. The van der Waals surface area contributed by atoms with Gasteiger partial charge in [0.2, 0.25) is 5.91 Å². The average molecular weight is 352 g/mol. The van der Waals surface area contributed by atoms with E-state index < -0.39 is 6.09 Å². The van der Waals surface area contributed by atoms with E-state index in [-0.39, 0.29) is 19.1 Å². The zero-order valence-corrected chi connectivity index (χ0v) is 14.2. The lowest BCUT2D eigenvalue weighted by Crippen LogP contribution is -2.37. The van der Waals surface area contributed by atoms with Crippen LogP contribution in [0.15, 0.2) is 54.6 Å². The van der Waals surface area contributed by atoms with Crippen LogP contribution in [0.1, 0.15) is 11.4 Å². The van der Waals surface area contributed by atoms with E-state index in [1.54, 1.807) is 0 Å². The van der Waals surface area contributed by atoms with E-state index in [2.05, 4.69) is 20.6 Å². The SMILES string of the molecule is O=C(CNC(=O)OCc1ccccc1)NCCc1nc2ccccc2[nH]1. The van der Waals surface area contributed by atoms with Gasteiger partial charge in [0, 0.05) is 13.0 Å². The summed E-state index contributed by atoms with van der Waals surface area (Å²) in [6, 6.07) is 17.1. The Balaban J connectivity index is 1.33. The number of imidazole rings is 1. The number of aromatic amines is 1. The first-order chi connectivity index (χ1) is 12.7. The number of aromatic nitrogens is 2. The number of nitrogens with zero attached hydrogens (tertiary/aromatic N) is 1. The van der Waals surface area contributed by atoms with Crippen molar-refractivity contribution in [3.63, 3.8) is 0 Å². The van der Waals surface area contributed by atoms with Crippen molar-refractivity contribution in [3.8, 4) is 0 Å². The van der Waals surface area contributed by atoms with Gasteiger partial charge in [-0.3, -0.25) is 4.79 Å². The van der Waals surface area contributed by atoms with Gasteiger partial charge in [0.15, 0.2) is 0 Å². The molecular weight excluding hydrogens is 332 g/mol. The summed E-state index contributed by atoms with van der Waals surface area (Å²) in [7, 11) is 0. The molecule has 0 unspecified atom stereocenters. The van der Waals surface area contributed by atoms with Crippen molar-refractivity contribution in [1.29, 1.82) is 0 Å². The van der Waals surface area contributed by atoms with Crippen molar-refractivity contribution in [2.75, 3.05) is 13.1 Å². The molecule has 3 rings (SSSR count). The first kappa shape index (κ1) is 17.5. The zero-order valence-electron chi connectivity index (χ0n) is 14.2. The van der Waals surface area contributed by atoms with Crippen molar-refractivity contribution >= 4 is 23.0 Å². The first-order valence-corrected chi connectivity index (χ1v) is 8.35. The molecule has 0 aliphatic rings. The van der Waals surface area contributed by atoms with Gasteiger partial charge >= 0.3 is 6.09 Å². The van der Waals surface area contributed by atoms with Gasteiger partial charge in [0.05, 0.1) is 17.6 Å². The number of rotatable bonds is 7. The van der Waals surface area contributed by atoms with Gasteiger partial charge in [0.25, 0.3) is 0 Å². The largest absolute Gasteiger partial charge is 0.445 e. The van der Waals surface area contributed by atoms with Gasteiger partial charge in [-0.1, -0.05) is 42.5 Å². The minimum absolute atomic E-state index is 0.131. The van der Waals surface area contributed by atoms with Crippen LogP contribution in [-0.2, 0) is 22.6 Å². The molecule has 0 aliphatic heterocycles. The molecule has 0 saturated heterocycles. The minimum Gasteiger partial charge on any atom is -0.445 e. The maximum atomic E-state index is 11.8. The lowest BCUT2D eigenvalue weighted by Gasteiger charge is -2.07.